The molecule has 0 fully saturated rings. The van der Waals surface area contributed by atoms with E-state index in [0.717, 1.165) is 0 Å². The first-order valence-electron chi connectivity index (χ1n) is 5.22. The first-order valence-corrected chi connectivity index (χ1v) is 5.22. The zero-order chi connectivity index (χ0) is 12.1. The van der Waals surface area contributed by atoms with E-state index in [-0.39, 0.29) is 11.7 Å². The van der Waals surface area contributed by atoms with Crippen molar-refractivity contribution in [3.05, 3.63) is 59.9 Å². The second-order valence-corrected chi connectivity index (χ2v) is 3.55. The van der Waals surface area contributed by atoms with Crippen LogP contribution in [-0.4, -0.2) is 16.0 Å². The number of phenols is 1. The number of amides is 1. The van der Waals surface area contributed by atoms with Crippen molar-refractivity contribution in [2.45, 2.75) is 6.54 Å². The lowest BCUT2D eigenvalue weighted by atomic mass is 10.2. The monoisotopic (exact) mass is 228 g/mol. The minimum Gasteiger partial charge on any atom is -0.508 e. The van der Waals surface area contributed by atoms with Gasteiger partial charge in [0.1, 0.15) is 5.75 Å². The Morgan fingerprint density at radius 1 is 1.24 bits per heavy atom. The Labute approximate surface area is 98.9 Å². The molecule has 0 spiro atoms. The van der Waals surface area contributed by atoms with Crippen molar-refractivity contribution in [1.29, 1.82) is 0 Å². The van der Waals surface area contributed by atoms with Gasteiger partial charge in [-0.1, -0.05) is 18.2 Å². The predicted molar refractivity (Wildman–Crippen MR) is 63.5 cm³/mol. The molecule has 1 amide bonds. The molecule has 86 valence electrons. The van der Waals surface area contributed by atoms with Gasteiger partial charge in [0.05, 0.1) is 5.56 Å². The summed E-state index contributed by atoms with van der Waals surface area (Å²) in [7, 11) is 0. The van der Waals surface area contributed by atoms with E-state index in [9.17, 15) is 9.90 Å². The molecule has 4 nitrogen and oxygen atoms in total. The summed E-state index contributed by atoms with van der Waals surface area (Å²) >= 11 is 0. The van der Waals surface area contributed by atoms with Gasteiger partial charge in [0.15, 0.2) is 0 Å². The summed E-state index contributed by atoms with van der Waals surface area (Å²) in [5, 5.41) is 12.2. The molecular formula is C13H12N2O2. The van der Waals surface area contributed by atoms with Crippen LogP contribution in [0.3, 0.4) is 0 Å². The van der Waals surface area contributed by atoms with Crippen LogP contribution in [0.15, 0.2) is 48.8 Å². The maximum atomic E-state index is 11.7. The van der Waals surface area contributed by atoms with Crippen molar-refractivity contribution >= 4 is 5.91 Å². The zero-order valence-electron chi connectivity index (χ0n) is 9.13. The second kappa shape index (κ2) is 5.12. The van der Waals surface area contributed by atoms with Gasteiger partial charge >= 0.3 is 0 Å². The van der Waals surface area contributed by atoms with E-state index in [2.05, 4.69) is 10.3 Å². The molecule has 0 saturated heterocycles. The number of rotatable bonds is 3. The highest BCUT2D eigenvalue weighted by atomic mass is 16.3. The van der Waals surface area contributed by atoms with Crippen molar-refractivity contribution in [3.63, 3.8) is 0 Å². The van der Waals surface area contributed by atoms with E-state index in [4.69, 9.17) is 0 Å². The number of carbonyl (C=O) groups is 1. The lowest BCUT2D eigenvalue weighted by Gasteiger charge is -2.06. The molecule has 0 saturated carbocycles. The molecule has 17 heavy (non-hydrogen) atoms. The summed E-state index contributed by atoms with van der Waals surface area (Å²) < 4.78 is 0. The standard InChI is InChI=1S/C13H12N2O2/c16-12-6-2-1-4-10(12)9-15-13(17)11-5-3-7-14-8-11/h1-8,16H,9H2,(H,15,17). The average molecular weight is 228 g/mol. The van der Waals surface area contributed by atoms with Crippen LogP contribution in [0.25, 0.3) is 0 Å². The maximum Gasteiger partial charge on any atom is 0.253 e. The van der Waals surface area contributed by atoms with Crippen molar-refractivity contribution < 1.29 is 9.90 Å². The third-order valence-electron chi connectivity index (χ3n) is 2.35. The largest absolute Gasteiger partial charge is 0.508 e. The normalized spacial score (nSPS) is 9.88. The van der Waals surface area contributed by atoms with Crippen LogP contribution in [-0.2, 0) is 6.54 Å². The average Bonchev–Trinajstić information content (AvgIpc) is 2.38. The number of para-hydroxylation sites is 1. The van der Waals surface area contributed by atoms with Crippen molar-refractivity contribution in [2.75, 3.05) is 0 Å². The van der Waals surface area contributed by atoms with Crippen LogP contribution in [0.2, 0.25) is 0 Å². The summed E-state index contributed by atoms with van der Waals surface area (Å²) in [6.45, 7) is 0.292. The number of benzene rings is 1. The Morgan fingerprint density at radius 3 is 2.76 bits per heavy atom. The molecule has 0 aliphatic carbocycles. The van der Waals surface area contributed by atoms with E-state index in [1.165, 1.54) is 6.20 Å². The number of carbonyl (C=O) groups excluding carboxylic acids is 1. The van der Waals surface area contributed by atoms with Gasteiger partial charge in [0.2, 0.25) is 0 Å². The van der Waals surface area contributed by atoms with Gasteiger partial charge in [0, 0.05) is 24.5 Å². The highest BCUT2D eigenvalue weighted by Gasteiger charge is 2.05. The maximum absolute atomic E-state index is 11.7. The van der Waals surface area contributed by atoms with Crippen molar-refractivity contribution in [3.8, 4) is 5.75 Å². The molecule has 0 atom stereocenters. The first kappa shape index (κ1) is 11.1. The van der Waals surface area contributed by atoms with Gasteiger partial charge in [-0.2, -0.15) is 0 Å². The summed E-state index contributed by atoms with van der Waals surface area (Å²) in [4.78, 5) is 15.6. The summed E-state index contributed by atoms with van der Waals surface area (Å²) in [6.07, 6.45) is 3.11. The fourth-order valence-electron chi connectivity index (χ4n) is 1.43. The summed E-state index contributed by atoms with van der Waals surface area (Å²) in [6, 6.07) is 10.3. The van der Waals surface area contributed by atoms with Crippen molar-refractivity contribution in [2.24, 2.45) is 0 Å². The Kier molecular flexibility index (Phi) is 3.35. The molecule has 2 aromatic rings. The SMILES string of the molecule is O=C(NCc1ccccc1O)c1cccnc1. The minimum absolute atomic E-state index is 0.180. The van der Waals surface area contributed by atoms with Gasteiger partial charge < -0.3 is 10.4 Å². The molecule has 2 rings (SSSR count). The first-order chi connectivity index (χ1) is 8.27. The van der Waals surface area contributed by atoms with Gasteiger partial charge in [-0.3, -0.25) is 9.78 Å². The van der Waals surface area contributed by atoms with E-state index in [1.807, 2.05) is 6.07 Å². The Morgan fingerprint density at radius 2 is 2.06 bits per heavy atom. The Balaban J connectivity index is 2.00. The molecule has 0 unspecified atom stereocenters. The van der Waals surface area contributed by atoms with E-state index in [1.54, 1.807) is 36.5 Å². The van der Waals surface area contributed by atoms with E-state index in [0.29, 0.717) is 17.7 Å². The predicted octanol–water partition coefficient (Wildman–Crippen LogP) is 1.72. The number of aromatic hydroxyl groups is 1. The number of nitrogens with one attached hydrogen (secondary N) is 1. The van der Waals surface area contributed by atoms with Crippen LogP contribution >= 0.6 is 0 Å². The third-order valence-corrected chi connectivity index (χ3v) is 2.35. The van der Waals surface area contributed by atoms with E-state index >= 15 is 0 Å². The number of phenolic OH excluding ortho intramolecular Hbond substituents is 1. The van der Waals surface area contributed by atoms with Gasteiger partial charge in [-0.05, 0) is 18.2 Å². The topological polar surface area (TPSA) is 62.2 Å². The number of hydrogen-bond donors (Lipinski definition) is 2. The minimum atomic E-state index is -0.207. The van der Waals surface area contributed by atoms with E-state index < -0.39 is 0 Å². The number of aromatic nitrogens is 1. The number of nitrogens with zero attached hydrogens (tertiary/aromatic N) is 1. The highest BCUT2D eigenvalue weighted by Crippen LogP contribution is 2.14. The molecular weight excluding hydrogens is 216 g/mol. The molecule has 0 aliphatic heterocycles. The van der Waals surface area contributed by atoms with Gasteiger partial charge in [-0.15, -0.1) is 0 Å². The van der Waals surface area contributed by atoms with Crippen molar-refractivity contribution in [1.82, 2.24) is 10.3 Å². The molecule has 1 aromatic carbocycles. The van der Waals surface area contributed by atoms with Crippen LogP contribution in [0.1, 0.15) is 15.9 Å². The number of hydrogen-bond acceptors (Lipinski definition) is 3. The molecule has 0 aliphatic rings. The van der Waals surface area contributed by atoms with Crippen LogP contribution in [0, 0.1) is 0 Å². The third kappa shape index (κ3) is 2.81. The molecule has 4 heteroatoms. The smallest absolute Gasteiger partial charge is 0.253 e. The van der Waals surface area contributed by atoms with Crippen LogP contribution in [0.4, 0.5) is 0 Å². The quantitative estimate of drug-likeness (QED) is 0.840. The number of pyridine rings is 1. The lowest BCUT2D eigenvalue weighted by Crippen LogP contribution is -2.22. The zero-order valence-corrected chi connectivity index (χ0v) is 9.13. The van der Waals surface area contributed by atoms with Crippen LogP contribution in [0.5, 0.6) is 5.75 Å². The molecule has 1 heterocycles. The van der Waals surface area contributed by atoms with Gasteiger partial charge in [-0.25, -0.2) is 0 Å². The Bertz CT molecular complexity index is 512. The lowest BCUT2D eigenvalue weighted by molar-refractivity contribution is 0.0950. The Hall–Kier alpha value is -2.36. The fourth-order valence-corrected chi connectivity index (χ4v) is 1.43. The molecule has 2 N–H and O–H groups in total. The summed E-state index contributed by atoms with van der Waals surface area (Å²) in [5.41, 5.74) is 1.19. The summed E-state index contributed by atoms with van der Waals surface area (Å²) in [5.74, 6) is -0.0275. The van der Waals surface area contributed by atoms with Gasteiger partial charge in [0.25, 0.3) is 5.91 Å². The molecule has 0 bridgehead atoms. The van der Waals surface area contributed by atoms with Crippen LogP contribution < -0.4 is 5.32 Å². The fraction of sp³-hybridized carbons (Fsp3) is 0.0769. The molecule has 0 radical (unpaired) electrons. The second-order valence-electron chi connectivity index (χ2n) is 3.55. The highest BCUT2D eigenvalue weighted by molar-refractivity contribution is 5.93. The molecule has 1 aromatic heterocycles.